The normalized spacial score (nSPS) is 11.2. The molecule has 5 rings (SSSR count). The average Bonchev–Trinajstić information content (AvgIpc) is 3.26. The molecule has 38 heavy (non-hydrogen) atoms. The summed E-state index contributed by atoms with van der Waals surface area (Å²) in [6.45, 7) is 4.15. The maximum absolute atomic E-state index is 14.9. The van der Waals surface area contributed by atoms with Crippen LogP contribution in [0.4, 0.5) is 20.3 Å². The minimum atomic E-state index is -0.702. The van der Waals surface area contributed by atoms with Gasteiger partial charge in [-0.1, -0.05) is 18.2 Å². The molecule has 3 aromatic heterocycles. The molecule has 0 aliphatic carbocycles. The number of nitrogens with zero attached hydrogens (tertiary/aromatic N) is 5. The van der Waals surface area contributed by atoms with Gasteiger partial charge in [-0.3, -0.25) is 9.67 Å². The Morgan fingerprint density at radius 1 is 1.03 bits per heavy atom. The first kappa shape index (κ1) is 25.2. The van der Waals surface area contributed by atoms with Crippen LogP contribution in [0, 0.1) is 18.6 Å². The van der Waals surface area contributed by atoms with Crippen LogP contribution in [0.3, 0.4) is 0 Å². The summed E-state index contributed by atoms with van der Waals surface area (Å²) < 4.78 is 41.9. The summed E-state index contributed by atoms with van der Waals surface area (Å²) in [5, 5.41) is 8.78. The number of aromatic nitrogens is 5. The number of aryl methyl sites for hydroxylation is 1. The fourth-order valence-corrected chi connectivity index (χ4v) is 4.18. The summed E-state index contributed by atoms with van der Waals surface area (Å²) in [6.07, 6.45) is 3.46. The minimum Gasteiger partial charge on any atom is -0.494 e. The Balaban J connectivity index is 1.58. The van der Waals surface area contributed by atoms with Crippen LogP contribution < -0.4 is 10.1 Å². The molecule has 5 aromatic rings. The van der Waals surface area contributed by atoms with E-state index in [1.807, 2.05) is 37.3 Å². The van der Waals surface area contributed by atoms with Gasteiger partial charge in [0, 0.05) is 54.3 Å². The van der Waals surface area contributed by atoms with E-state index < -0.39 is 11.6 Å². The summed E-state index contributed by atoms with van der Waals surface area (Å²) in [4.78, 5) is 13.5. The number of hydrogen-bond acceptors (Lipinski definition) is 7. The molecule has 0 aliphatic heterocycles. The molecule has 0 saturated carbocycles. The van der Waals surface area contributed by atoms with Crippen molar-refractivity contribution in [1.82, 2.24) is 24.7 Å². The van der Waals surface area contributed by atoms with Crippen LogP contribution in [-0.2, 0) is 17.9 Å². The highest BCUT2D eigenvalue weighted by Gasteiger charge is 2.19. The standard InChI is InChI=1S/C28H26F2N6O2/c1-4-38-19-12-22(29)21(23(30)13-19)15-36-25-8-6-5-7-20(25)27(35-36)28-32-18(16-37-3)11-26(34-28)33-24-9-10-31-14-17(24)2/h5-14H,4,15-16H2,1-3H3,(H,31,32,33,34). The Labute approximate surface area is 218 Å². The minimum absolute atomic E-state index is 0.113. The van der Waals surface area contributed by atoms with Crippen LogP contribution in [0.15, 0.2) is 60.9 Å². The number of benzene rings is 2. The van der Waals surface area contributed by atoms with E-state index in [1.165, 1.54) is 12.1 Å². The highest BCUT2D eigenvalue weighted by Crippen LogP contribution is 2.30. The van der Waals surface area contributed by atoms with Crippen LogP contribution >= 0.6 is 0 Å². The van der Waals surface area contributed by atoms with Crippen molar-refractivity contribution >= 4 is 22.4 Å². The highest BCUT2D eigenvalue weighted by atomic mass is 19.1. The van der Waals surface area contributed by atoms with Crippen LogP contribution in [0.5, 0.6) is 5.75 Å². The number of halogens is 2. The molecule has 0 aliphatic rings. The van der Waals surface area contributed by atoms with E-state index in [0.29, 0.717) is 35.2 Å². The van der Waals surface area contributed by atoms with Crippen molar-refractivity contribution in [3.63, 3.8) is 0 Å². The van der Waals surface area contributed by atoms with Crippen LogP contribution in [0.2, 0.25) is 0 Å². The maximum Gasteiger partial charge on any atom is 0.183 e. The van der Waals surface area contributed by atoms with Crippen molar-refractivity contribution in [3.05, 3.63) is 89.4 Å². The molecule has 0 bridgehead atoms. The molecule has 3 heterocycles. The molecule has 10 heteroatoms. The SMILES string of the molecule is CCOc1cc(F)c(Cn2nc(-c3nc(COC)cc(Nc4ccncc4C)n3)c3ccccc32)c(F)c1. The number of fused-ring (bicyclic) bond motifs is 1. The van der Waals surface area contributed by atoms with Crippen molar-refractivity contribution in [2.45, 2.75) is 27.0 Å². The quantitative estimate of drug-likeness (QED) is 0.264. The molecule has 0 unspecified atom stereocenters. The molecule has 2 aromatic carbocycles. The first-order valence-electron chi connectivity index (χ1n) is 12.1. The van der Waals surface area contributed by atoms with Crippen LogP contribution in [-0.4, -0.2) is 38.4 Å². The summed E-state index contributed by atoms with van der Waals surface area (Å²) in [5.41, 5.74) is 3.52. The van der Waals surface area contributed by atoms with Crippen LogP contribution in [0.1, 0.15) is 23.7 Å². The van der Waals surface area contributed by atoms with Gasteiger partial charge in [-0.25, -0.2) is 18.7 Å². The number of rotatable bonds is 9. The van der Waals surface area contributed by atoms with Gasteiger partial charge in [-0.15, -0.1) is 0 Å². The van der Waals surface area contributed by atoms with Gasteiger partial charge in [0.15, 0.2) is 5.82 Å². The van der Waals surface area contributed by atoms with E-state index in [1.54, 1.807) is 37.2 Å². The summed E-state index contributed by atoms with van der Waals surface area (Å²) >= 11 is 0. The topological polar surface area (TPSA) is 87.0 Å². The number of pyridine rings is 1. The van der Waals surface area contributed by atoms with Gasteiger partial charge in [0.1, 0.15) is 28.9 Å². The number of methoxy groups -OCH3 is 1. The largest absolute Gasteiger partial charge is 0.494 e. The fourth-order valence-electron chi connectivity index (χ4n) is 4.18. The predicted molar refractivity (Wildman–Crippen MR) is 140 cm³/mol. The van der Waals surface area contributed by atoms with Crippen molar-refractivity contribution < 1.29 is 18.3 Å². The molecule has 0 saturated heterocycles. The maximum atomic E-state index is 14.9. The second-order valence-corrected chi connectivity index (χ2v) is 8.64. The first-order valence-corrected chi connectivity index (χ1v) is 12.1. The molecule has 0 fully saturated rings. The van der Waals surface area contributed by atoms with Gasteiger partial charge in [0.25, 0.3) is 0 Å². The van der Waals surface area contributed by atoms with Gasteiger partial charge in [-0.05, 0) is 31.5 Å². The Bertz CT molecular complexity index is 1580. The zero-order valence-corrected chi connectivity index (χ0v) is 21.2. The predicted octanol–water partition coefficient (Wildman–Crippen LogP) is 5.81. The number of anilines is 2. The van der Waals surface area contributed by atoms with Gasteiger partial charge in [0.2, 0.25) is 0 Å². The lowest BCUT2D eigenvalue weighted by Crippen LogP contribution is -2.08. The van der Waals surface area contributed by atoms with Crippen molar-refractivity contribution in [1.29, 1.82) is 0 Å². The molecule has 0 atom stereocenters. The lowest BCUT2D eigenvalue weighted by Gasteiger charge is -2.11. The summed E-state index contributed by atoms with van der Waals surface area (Å²) in [6, 6.07) is 13.5. The molecule has 8 nitrogen and oxygen atoms in total. The Kier molecular flexibility index (Phi) is 7.23. The fraction of sp³-hybridized carbons (Fsp3) is 0.214. The summed E-state index contributed by atoms with van der Waals surface area (Å²) in [5.74, 6) is -0.348. The van der Waals surface area contributed by atoms with E-state index in [0.717, 1.165) is 16.6 Å². The van der Waals surface area contributed by atoms with Crippen molar-refractivity contribution in [2.24, 2.45) is 0 Å². The van der Waals surface area contributed by atoms with E-state index in [9.17, 15) is 8.78 Å². The van der Waals surface area contributed by atoms with Gasteiger partial charge in [-0.2, -0.15) is 5.10 Å². The third kappa shape index (κ3) is 5.16. The number of hydrogen-bond donors (Lipinski definition) is 1. The molecular formula is C28H26F2N6O2. The lowest BCUT2D eigenvalue weighted by molar-refractivity contribution is 0.181. The molecule has 0 radical (unpaired) electrons. The van der Waals surface area contributed by atoms with E-state index in [-0.39, 0.29) is 24.5 Å². The second kappa shape index (κ2) is 10.9. The number of ether oxygens (including phenoxy) is 2. The summed E-state index contributed by atoms with van der Waals surface area (Å²) in [7, 11) is 1.59. The molecule has 0 spiro atoms. The number of para-hydroxylation sites is 1. The Morgan fingerprint density at radius 2 is 1.82 bits per heavy atom. The van der Waals surface area contributed by atoms with Gasteiger partial charge >= 0.3 is 0 Å². The second-order valence-electron chi connectivity index (χ2n) is 8.64. The zero-order valence-electron chi connectivity index (χ0n) is 21.2. The smallest absolute Gasteiger partial charge is 0.183 e. The third-order valence-electron chi connectivity index (χ3n) is 5.96. The highest BCUT2D eigenvalue weighted by molar-refractivity contribution is 5.91. The average molecular weight is 517 g/mol. The molecule has 1 N–H and O–H groups in total. The monoisotopic (exact) mass is 516 g/mol. The Morgan fingerprint density at radius 3 is 2.55 bits per heavy atom. The molecule has 0 amide bonds. The van der Waals surface area contributed by atoms with Gasteiger partial charge < -0.3 is 14.8 Å². The van der Waals surface area contributed by atoms with Crippen LogP contribution in [0.25, 0.3) is 22.4 Å². The van der Waals surface area contributed by atoms with Gasteiger partial charge in [0.05, 0.1) is 31.0 Å². The lowest BCUT2D eigenvalue weighted by atomic mass is 10.1. The third-order valence-corrected chi connectivity index (χ3v) is 5.96. The molecular weight excluding hydrogens is 490 g/mol. The van der Waals surface area contributed by atoms with E-state index >= 15 is 0 Å². The Hall–Kier alpha value is -4.44. The van der Waals surface area contributed by atoms with Crippen molar-refractivity contribution in [3.8, 4) is 17.3 Å². The van der Waals surface area contributed by atoms with Crippen molar-refractivity contribution in [2.75, 3.05) is 19.0 Å². The zero-order chi connectivity index (χ0) is 26.6. The number of nitrogens with one attached hydrogen (secondary N) is 1. The van der Waals surface area contributed by atoms with E-state index in [4.69, 9.17) is 19.6 Å². The van der Waals surface area contributed by atoms with E-state index in [2.05, 4.69) is 15.3 Å². The molecule has 194 valence electrons. The first-order chi connectivity index (χ1) is 18.5.